The zero-order chi connectivity index (χ0) is 18.4. The number of amides is 2. The van der Waals surface area contributed by atoms with Gasteiger partial charge in [-0.2, -0.15) is 16.8 Å². The Morgan fingerprint density at radius 2 is 1.30 bits per heavy atom. The van der Waals surface area contributed by atoms with Gasteiger partial charge in [0, 0.05) is 12.8 Å². The Morgan fingerprint density at radius 1 is 0.957 bits per heavy atom. The number of carbonyl (C=O) groups is 4. The molecule has 0 saturated carbocycles. The van der Waals surface area contributed by atoms with Crippen molar-refractivity contribution in [2.45, 2.75) is 23.0 Å². The van der Waals surface area contributed by atoms with Crippen LogP contribution in [0.2, 0.25) is 0 Å². The van der Waals surface area contributed by atoms with Crippen molar-refractivity contribution in [2.24, 2.45) is 0 Å². The monoisotopic (exact) mass is 375 g/mol. The van der Waals surface area contributed by atoms with Gasteiger partial charge in [-0.05, 0) is 0 Å². The molecule has 4 N–H and O–H groups in total. The van der Waals surface area contributed by atoms with Gasteiger partial charge >= 0.3 is 36.3 Å². The number of nitrogens with zero attached hydrogens (tertiary/aromatic N) is 1. The SMILES string of the molecule is O=C(O)C(N1C(=O)CCC1=O)C(C(=O)O)(S(=O)(=O)O)S(=O)(=O)O. The zero-order valence-corrected chi connectivity index (χ0v) is 12.4. The van der Waals surface area contributed by atoms with Crippen molar-refractivity contribution in [3.63, 3.8) is 0 Å². The molecule has 2 amide bonds. The van der Waals surface area contributed by atoms with Gasteiger partial charge in [0.25, 0.3) is 0 Å². The molecule has 1 saturated heterocycles. The average Bonchev–Trinajstić information content (AvgIpc) is 2.61. The largest absolute Gasteiger partial charge is 0.480 e. The van der Waals surface area contributed by atoms with E-state index in [1.807, 2.05) is 0 Å². The van der Waals surface area contributed by atoms with Gasteiger partial charge in [-0.1, -0.05) is 0 Å². The maximum Gasteiger partial charge on any atom is 0.349 e. The molecular formula is C8H9NO12S2. The summed E-state index contributed by atoms with van der Waals surface area (Å²) in [6, 6.07) is -3.44. The van der Waals surface area contributed by atoms with Crippen LogP contribution in [0, 0.1) is 0 Å². The van der Waals surface area contributed by atoms with E-state index in [2.05, 4.69) is 0 Å². The quantitative estimate of drug-likeness (QED) is 0.272. The van der Waals surface area contributed by atoms with Crippen LogP contribution < -0.4 is 0 Å². The molecule has 13 nitrogen and oxygen atoms in total. The van der Waals surface area contributed by atoms with Crippen molar-refractivity contribution in [3.8, 4) is 0 Å². The van der Waals surface area contributed by atoms with Crippen LogP contribution in [0.5, 0.6) is 0 Å². The van der Waals surface area contributed by atoms with E-state index in [0.29, 0.717) is 0 Å². The summed E-state index contributed by atoms with van der Waals surface area (Å²) in [4.78, 5) is 45.2. The van der Waals surface area contributed by atoms with Crippen LogP contribution in [0.1, 0.15) is 12.8 Å². The van der Waals surface area contributed by atoms with Gasteiger partial charge in [-0.15, -0.1) is 0 Å². The van der Waals surface area contributed by atoms with E-state index < -0.39 is 71.9 Å². The van der Waals surface area contributed by atoms with Crippen LogP contribution in [-0.4, -0.2) is 74.9 Å². The second kappa shape index (κ2) is 5.52. The van der Waals surface area contributed by atoms with Crippen molar-refractivity contribution in [3.05, 3.63) is 0 Å². The lowest BCUT2D eigenvalue weighted by Crippen LogP contribution is -2.69. The fourth-order valence-corrected chi connectivity index (χ4v) is 4.56. The Labute approximate surface area is 128 Å². The Hall–Kier alpha value is -2.10. The molecule has 0 radical (unpaired) electrons. The average molecular weight is 375 g/mol. The second-order valence-corrected chi connectivity index (χ2v) is 7.77. The number of imide groups is 1. The number of aliphatic carboxylic acids is 2. The molecule has 1 atom stereocenters. The van der Waals surface area contributed by atoms with E-state index in [0.717, 1.165) is 0 Å². The van der Waals surface area contributed by atoms with Crippen molar-refractivity contribution < 1.29 is 55.3 Å². The third-order valence-electron chi connectivity index (χ3n) is 3.01. The fraction of sp³-hybridized carbons (Fsp3) is 0.500. The number of carboxylic acids is 2. The van der Waals surface area contributed by atoms with E-state index in [9.17, 15) is 36.0 Å². The van der Waals surface area contributed by atoms with E-state index in [1.54, 1.807) is 0 Å². The first-order valence-corrected chi connectivity index (χ1v) is 8.32. The minimum absolute atomic E-state index is 0.433. The summed E-state index contributed by atoms with van der Waals surface area (Å²) >= 11 is 0. The summed E-state index contributed by atoms with van der Waals surface area (Å²) in [5.41, 5.74) is 0. The molecule has 0 aliphatic carbocycles. The molecule has 15 heteroatoms. The molecular weight excluding hydrogens is 366 g/mol. The number of likely N-dealkylation sites (tertiary alicyclic amines) is 1. The number of rotatable bonds is 6. The van der Waals surface area contributed by atoms with Gasteiger partial charge in [-0.3, -0.25) is 23.6 Å². The van der Waals surface area contributed by atoms with E-state index in [-0.39, 0.29) is 0 Å². The molecule has 1 heterocycles. The molecule has 130 valence electrons. The summed E-state index contributed by atoms with van der Waals surface area (Å²) in [6.07, 6.45) is -1.29. The Morgan fingerprint density at radius 3 is 1.52 bits per heavy atom. The zero-order valence-electron chi connectivity index (χ0n) is 10.8. The van der Waals surface area contributed by atoms with Gasteiger partial charge < -0.3 is 10.2 Å². The highest BCUT2D eigenvalue weighted by molar-refractivity contribution is 8.06. The Kier molecular flexibility index (Phi) is 4.54. The molecule has 1 rings (SSSR count). The van der Waals surface area contributed by atoms with E-state index in [1.165, 1.54) is 0 Å². The van der Waals surface area contributed by atoms with Crippen molar-refractivity contribution in [2.75, 3.05) is 0 Å². The van der Waals surface area contributed by atoms with Crippen LogP contribution in [0.4, 0.5) is 0 Å². The highest BCUT2D eigenvalue weighted by Crippen LogP contribution is 2.34. The maximum atomic E-state index is 11.5. The minimum Gasteiger partial charge on any atom is -0.480 e. The Balaban J connectivity index is 3.95. The molecule has 1 aliphatic rings. The molecule has 1 fully saturated rings. The molecule has 0 aromatic heterocycles. The van der Waals surface area contributed by atoms with Crippen LogP contribution in [0.3, 0.4) is 0 Å². The maximum absolute atomic E-state index is 11.5. The van der Waals surface area contributed by atoms with Gasteiger partial charge in [0.15, 0.2) is 6.04 Å². The summed E-state index contributed by atoms with van der Waals surface area (Å²) in [5, 5.41) is 18.0. The number of hydrogen-bond acceptors (Lipinski definition) is 8. The van der Waals surface area contributed by atoms with Gasteiger partial charge in [0.05, 0.1) is 0 Å². The van der Waals surface area contributed by atoms with Crippen LogP contribution in [-0.2, 0) is 39.4 Å². The lowest BCUT2D eigenvalue weighted by Gasteiger charge is -2.33. The van der Waals surface area contributed by atoms with Gasteiger partial charge in [-0.25, -0.2) is 9.59 Å². The fourth-order valence-electron chi connectivity index (χ4n) is 2.08. The van der Waals surface area contributed by atoms with Crippen molar-refractivity contribution in [1.82, 2.24) is 4.90 Å². The second-order valence-electron chi connectivity index (χ2n) is 4.32. The van der Waals surface area contributed by atoms with Crippen LogP contribution >= 0.6 is 0 Å². The third-order valence-corrected chi connectivity index (χ3v) is 6.60. The van der Waals surface area contributed by atoms with Crippen molar-refractivity contribution >= 4 is 44.0 Å². The Bertz CT molecular complexity index is 745. The standard InChI is InChI=1S/C8H9NO12S2/c10-3-1-2-4(11)9(3)5(6(12)13)8(7(14)15,22(16,17)18)23(19,20)21/h5H,1-2H2,(H,12,13)(H,14,15)(H,16,17,18)(H,19,20,21). The van der Waals surface area contributed by atoms with Gasteiger partial charge in [0.2, 0.25) is 11.8 Å². The summed E-state index contributed by atoms with van der Waals surface area (Å²) in [5.74, 6) is -8.35. The van der Waals surface area contributed by atoms with Crippen LogP contribution in [0.15, 0.2) is 0 Å². The smallest absolute Gasteiger partial charge is 0.349 e. The molecule has 1 unspecified atom stereocenters. The predicted octanol–water partition coefficient (Wildman–Crippen LogP) is -2.85. The normalized spacial score (nSPS) is 18.1. The lowest BCUT2D eigenvalue weighted by molar-refractivity contribution is -0.158. The third kappa shape index (κ3) is 2.67. The first-order chi connectivity index (χ1) is 10.2. The molecule has 0 aromatic rings. The summed E-state index contributed by atoms with van der Waals surface area (Å²) < 4.78 is 58.8. The molecule has 0 aromatic carbocycles. The summed E-state index contributed by atoms with van der Waals surface area (Å²) in [7, 11) is -12.8. The van der Waals surface area contributed by atoms with E-state index >= 15 is 0 Å². The lowest BCUT2D eigenvalue weighted by atomic mass is 10.1. The number of carboxylic acid groups (broad SMARTS) is 2. The predicted molar refractivity (Wildman–Crippen MR) is 66.0 cm³/mol. The molecule has 0 bridgehead atoms. The van der Waals surface area contributed by atoms with Crippen molar-refractivity contribution in [1.29, 1.82) is 0 Å². The van der Waals surface area contributed by atoms with Gasteiger partial charge in [0.1, 0.15) is 0 Å². The topological polar surface area (TPSA) is 221 Å². The summed E-state index contributed by atoms with van der Waals surface area (Å²) in [6.45, 7) is 0. The highest BCUT2D eigenvalue weighted by atomic mass is 32.3. The van der Waals surface area contributed by atoms with Crippen LogP contribution in [0.25, 0.3) is 0 Å². The number of hydrogen-bond donors (Lipinski definition) is 4. The first kappa shape index (κ1) is 18.9. The molecule has 23 heavy (non-hydrogen) atoms. The van der Waals surface area contributed by atoms with E-state index in [4.69, 9.17) is 19.3 Å². The number of carbonyl (C=O) groups excluding carboxylic acids is 2. The minimum atomic E-state index is -6.38. The molecule has 1 aliphatic heterocycles. The molecule has 0 spiro atoms. The first-order valence-electron chi connectivity index (χ1n) is 5.44. The highest BCUT2D eigenvalue weighted by Gasteiger charge is 2.73.